The fourth-order valence-electron chi connectivity index (χ4n) is 3.04. The van der Waals surface area contributed by atoms with Gasteiger partial charge in [-0.05, 0) is 42.3 Å². The van der Waals surface area contributed by atoms with Crippen molar-refractivity contribution in [1.82, 2.24) is 5.32 Å². The molecular weight excluding hydrogens is 316 g/mol. The minimum atomic E-state index is -0.321. The highest BCUT2D eigenvalue weighted by Gasteiger charge is 2.34. The van der Waals surface area contributed by atoms with Gasteiger partial charge in [-0.15, -0.1) is 0 Å². The van der Waals surface area contributed by atoms with E-state index < -0.39 is 0 Å². The van der Waals surface area contributed by atoms with Crippen LogP contribution in [0.4, 0.5) is 5.69 Å². The Morgan fingerprint density at radius 2 is 2.04 bits per heavy atom. The fraction of sp³-hybridized carbons (Fsp3) is 0.300. The van der Waals surface area contributed by atoms with Crippen LogP contribution in [0.3, 0.4) is 0 Å². The van der Waals surface area contributed by atoms with Crippen LogP contribution in [0.15, 0.2) is 48.5 Å². The molecule has 1 saturated heterocycles. The second-order valence-electron chi connectivity index (χ2n) is 6.31. The smallest absolute Gasteiger partial charge is 0.227 e. The van der Waals surface area contributed by atoms with Crippen LogP contribution >= 0.6 is 0 Å². The standard InChI is InChI=1S/C20H22N2O3/c1-14-5-3-7-17(9-14)22-13-16(11-19(22)23)20(24)21-12-15-6-4-8-18(10-15)25-2/h3-10,16H,11-13H2,1-2H3,(H,21,24)/t16-/m1/s1. The number of hydrogen-bond acceptors (Lipinski definition) is 3. The van der Waals surface area contributed by atoms with Crippen LogP contribution in [0.5, 0.6) is 5.75 Å². The third-order valence-electron chi connectivity index (χ3n) is 4.41. The van der Waals surface area contributed by atoms with E-state index in [1.54, 1.807) is 12.0 Å². The molecule has 130 valence electrons. The van der Waals surface area contributed by atoms with Crippen LogP contribution in [0.1, 0.15) is 17.5 Å². The summed E-state index contributed by atoms with van der Waals surface area (Å²) in [5.41, 5.74) is 2.91. The number of amides is 2. The van der Waals surface area contributed by atoms with E-state index in [-0.39, 0.29) is 24.2 Å². The second kappa shape index (κ2) is 7.38. The summed E-state index contributed by atoms with van der Waals surface area (Å²) in [7, 11) is 1.61. The Morgan fingerprint density at radius 1 is 1.24 bits per heavy atom. The summed E-state index contributed by atoms with van der Waals surface area (Å²) in [5.74, 6) is 0.338. The summed E-state index contributed by atoms with van der Waals surface area (Å²) < 4.78 is 5.18. The van der Waals surface area contributed by atoms with E-state index in [2.05, 4.69) is 5.32 Å². The third-order valence-corrected chi connectivity index (χ3v) is 4.41. The quantitative estimate of drug-likeness (QED) is 0.912. The first-order chi connectivity index (χ1) is 12.1. The number of anilines is 1. The molecule has 5 nitrogen and oxygen atoms in total. The van der Waals surface area contributed by atoms with Crippen molar-refractivity contribution in [2.24, 2.45) is 5.92 Å². The zero-order valence-corrected chi connectivity index (χ0v) is 14.5. The van der Waals surface area contributed by atoms with E-state index in [1.807, 2.05) is 55.5 Å². The van der Waals surface area contributed by atoms with Crippen molar-refractivity contribution >= 4 is 17.5 Å². The number of aryl methyl sites for hydroxylation is 1. The van der Waals surface area contributed by atoms with Gasteiger partial charge >= 0.3 is 0 Å². The summed E-state index contributed by atoms with van der Waals surface area (Å²) in [4.78, 5) is 26.4. The molecule has 2 amide bonds. The number of ether oxygens (including phenoxy) is 1. The Bertz CT molecular complexity index is 788. The number of benzene rings is 2. The van der Waals surface area contributed by atoms with Gasteiger partial charge in [0.1, 0.15) is 5.75 Å². The van der Waals surface area contributed by atoms with Crippen LogP contribution in [0.2, 0.25) is 0 Å². The van der Waals surface area contributed by atoms with Crippen molar-refractivity contribution in [3.8, 4) is 5.75 Å². The molecule has 1 aliphatic heterocycles. The Morgan fingerprint density at radius 3 is 2.80 bits per heavy atom. The summed E-state index contributed by atoms with van der Waals surface area (Å²) in [6.45, 7) is 2.83. The molecule has 0 radical (unpaired) electrons. The summed E-state index contributed by atoms with van der Waals surface area (Å²) >= 11 is 0. The van der Waals surface area contributed by atoms with Crippen LogP contribution in [0, 0.1) is 12.8 Å². The highest BCUT2D eigenvalue weighted by atomic mass is 16.5. The summed E-state index contributed by atoms with van der Waals surface area (Å²) in [6.07, 6.45) is 0.248. The number of rotatable bonds is 5. The average molecular weight is 338 g/mol. The van der Waals surface area contributed by atoms with Crippen molar-refractivity contribution in [2.75, 3.05) is 18.6 Å². The normalized spacial score (nSPS) is 16.8. The molecule has 1 fully saturated rings. The molecule has 0 aromatic heterocycles. The Kier molecular flexibility index (Phi) is 5.03. The van der Waals surface area contributed by atoms with Crippen molar-refractivity contribution in [2.45, 2.75) is 19.9 Å². The molecule has 1 heterocycles. The number of nitrogens with one attached hydrogen (secondary N) is 1. The minimum absolute atomic E-state index is 0.00729. The van der Waals surface area contributed by atoms with Gasteiger partial charge in [0.2, 0.25) is 11.8 Å². The van der Waals surface area contributed by atoms with Gasteiger partial charge in [0, 0.05) is 25.2 Å². The molecule has 0 unspecified atom stereocenters. The monoisotopic (exact) mass is 338 g/mol. The van der Waals surface area contributed by atoms with Crippen LogP contribution in [-0.4, -0.2) is 25.5 Å². The largest absolute Gasteiger partial charge is 0.497 e. The van der Waals surface area contributed by atoms with E-state index in [4.69, 9.17) is 4.74 Å². The van der Waals surface area contributed by atoms with Gasteiger partial charge in [0.05, 0.1) is 13.0 Å². The lowest BCUT2D eigenvalue weighted by Gasteiger charge is -2.17. The molecule has 0 spiro atoms. The zero-order chi connectivity index (χ0) is 17.8. The maximum atomic E-state index is 12.4. The molecule has 3 rings (SSSR count). The highest BCUT2D eigenvalue weighted by Crippen LogP contribution is 2.26. The van der Waals surface area contributed by atoms with E-state index in [9.17, 15) is 9.59 Å². The third kappa shape index (κ3) is 3.99. The summed E-state index contributed by atoms with van der Waals surface area (Å²) in [6, 6.07) is 15.4. The van der Waals surface area contributed by atoms with Crippen molar-refractivity contribution < 1.29 is 14.3 Å². The van der Waals surface area contributed by atoms with E-state index in [0.29, 0.717) is 13.1 Å². The number of methoxy groups -OCH3 is 1. The van der Waals surface area contributed by atoms with Crippen LogP contribution in [-0.2, 0) is 16.1 Å². The van der Waals surface area contributed by atoms with E-state index in [1.165, 1.54) is 0 Å². The maximum Gasteiger partial charge on any atom is 0.227 e. The first-order valence-electron chi connectivity index (χ1n) is 8.34. The molecule has 5 heteroatoms. The van der Waals surface area contributed by atoms with Gasteiger partial charge in [-0.1, -0.05) is 24.3 Å². The maximum absolute atomic E-state index is 12.4. The molecule has 0 aliphatic carbocycles. The molecule has 25 heavy (non-hydrogen) atoms. The van der Waals surface area contributed by atoms with E-state index in [0.717, 1.165) is 22.6 Å². The van der Waals surface area contributed by atoms with Crippen LogP contribution in [0.25, 0.3) is 0 Å². The van der Waals surface area contributed by atoms with E-state index >= 15 is 0 Å². The molecule has 1 aliphatic rings. The highest BCUT2D eigenvalue weighted by molar-refractivity contribution is 6.00. The molecule has 1 N–H and O–H groups in total. The summed E-state index contributed by atoms with van der Waals surface area (Å²) in [5, 5.41) is 2.92. The molecule has 0 saturated carbocycles. The predicted molar refractivity (Wildman–Crippen MR) is 96.5 cm³/mol. The second-order valence-corrected chi connectivity index (χ2v) is 6.31. The lowest BCUT2D eigenvalue weighted by atomic mass is 10.1. The number of hydrogen-bond donors (Lipinski definition) is 1. The topological polar surface area (TPSA) is 58.6 Å². The minimum Gasteiger partial charge on any atom is -0.497 e. The zero-order valence-electron chi connectivity index (χ0n) is 14.5. The fourth-order valence-corrected chi connectivity index (χ4v) is 3.04. The lowest BCUT2D eigenvalue weighted by molar-refractivity contribution is -0.126. The van der Waals surface area contributed by atoms with Gasteiger partial charge < -0.3 is 15.0 Å². The van der Waals surface area contributed by atoms with Crippen molar-refractivity contribution in [3.63, 3.8) is 0 Å². The number of carbonyl (C=O) groups is 2. The Hall–Kier alpha value is -2.82. The van der Waals surface area contributed by atoms with Crippen molar-refractivity contribution in [1.29, 1.82) is 0 Å². The van der Waals surface area contributed by atoms with Gasteiger partial charge in [0.25, 0.3) is 0 Å². The lowest BCUT2D eigenvalue weighted by Crippen LogP contribution is -2.32. The molecule has 1 atom stereocenters. The molecule has 2 aromatic carbocycles. The number of carbonyl (C=O) groups excluding carboxylic acids is 2. The Labute approximate surface area is 147 Å². The van der Waals surface area contributed by atoms with Gasteiger partial charge in [0.15, 0.2) is 0 Å². The van der Waals surface area contributed by atoms with Crippen molar-refractivity contribution in [3.05, 3.63) is 59.7 Å². The van der Waals surface area contributed by atoms with Gasteiger partial charge in [-0.25, -0.2) is 0 Å². The molecule has 0 bridgehead atoms. The molecular formula is C20H22N2O3. The van der Waals surface area contributed by atoms with Crippen LogP contribution < -0.4 is 15.0 Å². The first-order valence-corrected chi connectivity index (χ1v) is 8.34. The van der Waals surface area contributed by atoms with Gasteiger partial charge in [-0.2, -0.15) is 0 Å². The SMILES string of the molecule is COc1cccc(CNC(=O)[C@@H]2CC(=O)N(c3cccc(C)c3)C2)c1. The molecule has 2 aromatic rings. The average Bonchev–Trinajstić information content (AvgIpc) is 3.02. The number of nitrogens with zero attached hydrogens (tertiary/aromatic N) is 1. The Balaban J connectivity index is 1.61. The predicted octanol–water partition coefficient (Wildman–Crippen LogP) is 2.67. The first kappa shape index (κ1) is 17.0. The van der Waals surface area contributed by atoms with Gasteiger partial charge in [-0.3, -0.25) is 9.59 Å².